The topological polar surface area (TPSA) is 44.2 Å². The largest absolute Gasteiger partial charge is 0.493 e. The highest BCUT2D eigenvalue weighted by Crippen LogP contribution is 2.32. The molecule has 0 saturated carbocycles. The molecule has 0 aliphatic rings. The average Bonchev–Trinajstić information content (AvgIpc) is 2.53. The predicted octanol–water partition coefficient (Wildman–Crippen LogP) is 3.31. The molecule has 0 fully saturated rings. The molecule has 3 aromatic rings. The Balaban J connectivity index is 2.10. The number of aromatic nitrogens is 2. The number of methoxy groups -OCH3 is 2. The summed E-state index contributed by atoms with van der Waals surface area (Å²) in [6.45, 7) is 0. The Labute approximate surface area is 117 Å². The number of ether oxygens (including phenoxy) is 2. The maximum Gasteiger partial charge on any atom is 0.161 e. The molecule has 0 aliphatic carbocycles. The van der Waals surface area contributed by atoms with Crippen molar-refractivity contribution in [1.82, 2.24) is 9.97 Å². The van der Waals surface area contributed by atoms with Gasteiger partial charge in [0.25, 0.3) is 0 Å². The summed E-state index contributed by atoms with van der Waals surface area (Å²) in [5, 5.41) is 1.02. The van der Waals surface area contributed by atoms with Crippen LogP contribution in [0, 0.1) is 0 Å². The second-order valence-corrected chi connectivity index (χ2v) is 4.34. The lowest BCUT2D eigenvalue weighted by molar-refractivity contribution is 0.355. The van der Waals surface area contributed by atoms with Crippen molar-refractivity contribution in [2.45, 2.75) is 0 Å². The van der Waals surface area contributed by atoms with Crippen LogP contribution in [0.15, 0.2) is 48.8 Å². The minimum absolute atomic E-state index is 0.688. The maximum absolute atomic E-state index is 5.32. The summed E-state index contributed by atoms with van der Waals surface area (Å²) >= 11 is 0. The number of hydrogen-bond donors (Lipinski definition) is 0. The Bertz CT molecular complexity index is 756. The van der Waals surface area contributed by atoms with Gasteiger partial charge in [-0.05, 0) is 36.4 Å². The molecule has 0 aliphatic heterocycles. The molecule has 0 saturated heterocycles. The summed E-state index contributed by atoms with van der Waals surface area (Å²) < 4.78 is 10.6. The van der Waals surface area contributed by atoms with E-state index in [-0.39, 0.29) is 0 Å². The van der Waals surface area contributed by atoms with Crippen LogP contribution in [0.5, 0.6) is 11.5 Å². The number of pyridine rings is 2. The molecule has 0 unspecified atom stereocenters. The van der Waals surface area contributed by atoms with Gasteiger partial charge in [-0.3, -0.25) is 9.97 Å². The molecule has 0 amide bonds. The quantitative estimate of drug-likeness (QED) is 0.729. The molecule has 0 spiro atoms. The van der Waals surface area contributed by atoms with Crippen molar-refractivity contribution in [2.75, 3.05) is 14.2 Å². The summed E-state index contributed by atoms with van der Waals surface area (Å²) in [6.07, 6.45) is 3.61. The van der Waals surface area contributed by atoms with Crippen LogP contribution in [0.2, 0.25) is 0 Å². The molecule has 4 heteroatoms. The van der Waals surface area contributed by atoms with E-state index >= 15 is 0 Å². The first kappa shape index (κ1) is 12.4. The Morgan fingerprint density at radius 2 is 1.75 bits per heavy atom. The van der Waals surface area contributed by atoms with Crippen LogP contribution in [0.1, 0.15) is 0 Å². The van der Waals surface area contributed by atoms with Gasteiger partial charge in [-0.25, -0.2) is 0 Å². The van der Waals surface area contributed by atoms with Crippen molar-refractivity contribution in [3.63, 3.8) is 0 Å². The molecule has 0 radical (unpaired) electrons. The van der Waals surface area contributed by atoms with Gasteiger partial charge >= 0.3 is 0 Å². The maximum atomic E-state index is 5.32. The van der Waals surface area contributed by atoms with Crippen molar-refractivity contribution in [3.05, 3.63) is 48.8 Å². The van der Waals surface area contributed by atoms with E-state index < -0.39 is 0 Å². The van der Waals surface area contributed by atoms with Crippen molar-refractivity contribution in [2.24, 2.45) is 0 Å². The Hall–Kier alpha value is -2.62. The SMILES string of the molecule is COc1ccc(-c2cc3ncccc3cn2)cc1OC. The van der Waals surface area contributed by atoms with Gasteiger partial charge < -0.3 is 9.47 Å². The molecule has 1 aromatic carbocycles. The van der Waals surface area contributed by atoms with Gasteiger partial charge in [-0.2, -0.15) is 0 Å². The van der Waals surface area contributed by atoms with Crippen LogP contribution in [0.3, 0.4) is 0 Å². The van der Waals surface area contributed by atoms with Gasteiger partial charge in [0.05, 0.1) is 25.4 Å². The third-order valence-corrected chi connectivity index (χ3v) is 3.17. The zero-order valence-electron chi connectivity index (χ0n) is 11.3. The lowest BCUT2D eigenvalue weighted by atomic mass is 10.1. The van der Waals surface area contributed by atoms with Crippen molar-refractivity contribution >= 4 is 10.9 Å². The zero-order valence-corrected chi connectivity index (χ0v) is 11.3. The molecule has 0 bridgehead atoms. The van der Waals surface area contributed by atoms with Crippen molar-refractivity contribution < 1.29 is 9.47 Å². The second-order valence-electron chi connectivity index (χ2n) is 4.34. The molecule has 20 heavy (non-hydrogen) atoms. The summed E-state index contributed by atoms with van der Waals surface area (Å²) in [7, 11) is 3.24. The summed E-state index contributed by atoms with van der Waals surface area (Å²) in [5.74, 6) is 1.39. The van der Waals surface area contributed by atoms with E-state index in [1.165, 1.54) is 0 Å². The van der Waals surface area contributed by atoms with E-state index in [4.69, 9.17) is 9.47 Å². The van der Waals surface area contributed by atoms with E-state index in [1.807, 2.05) is 42.6 Å². The molecular weight excluding hydrogens is 252 g/mol. The summed E-state index contributed by atoms with van der Waals surface area (Å²) in [5.41, 5.74) is 2.75. The third kappa shape index (κ3) is 2.16. The van der Waals surface area contributed by atoms with Gasteiger partial charge in [-0.15, -0.1) is 0 Å². The minimum Gasteiger partial charge on any atom is -0.493 e. The van der Waals surface area contributed by atoms with E-state index in [0.29, 0.717) is 11.5 Å². The minimum atomic E-state index is 0.688. The van der Waals surface area contributed by atoms with Crippen molar-refractivity contribution in [3.8, 4) is 22.8 Å². The molecule has 2 heterocycles. The van der Waals surface area contributed by atoms with Gasteiger partial charge in [0.15, 0.2) is 11.5 Å². The fraction of sp³-hybridized carbons (Fsp3) is 0.125. The molecule has 2 aromatic heterocycles. The monoisotopic (exact) mass is 266 g/mol. The van der Waals surface area contributed by atoms with Crippen LogP contribution in [-0.4, -0.2) is 24.2 Å². The highest BCUT2D eigenvalue weighted by atomic mass is 16.5. The Morgan fingerprint density at radius 3 is 2.55 bits per heavy atom. The highest BCUT2D eigenvalue weighted by molar-refractivity contribution is 5.81. The van der Waals surface area contributed by atoms with Gasteiger partial charge in [0.1, 0.15) is 0 Å². The van der Waals surface area contributed by atoms with Crippen LogP contribution in [0.25, 0.3) is 22.2 Å². The number of hydrogen-bond acceptors (Lipinski definition) is 4. The van der Waals surface area contributed by atoms with Gasteiger partial charge in [-0.1, -0.05) is 0 Å². The Kier molecular flexibility index (Phi) is 3.21. The zero-order chi connectivity index (χ0) is 13.9. The van der Waals surface area contributed by atoms with Crippen LogP contribution in [-0.2, 0) is 0 Å². The predicted molar refractivity (Wildman–Crippen MR) is 78.1 cm³/mol. The first-order valence-electron chi connectivity index (χ1n) is 6.25. The van der Waals surface area contributed by atoms with E-state index in [9.17, 15) is 0 Å². The smallest absolute Gasteiger partial charge is 0.161 e. The van der Waals surface area contributed by atoms with Gasteiger partial charge in [0, 0.05) is 23.3 Å². The number of benzene rings is 1. The first-order valence-corrected chi connectivity index (χ1v) is 6.25. The van der Waals surface area contributed by atoms with Crippen LogP contribution < -0.4 is 9.47 Å². The molecule has 0 N–H and O–H groups in total. The molecule has 3 rings (SSSR count). The lowest BCUT2D eigenvalue weighted by Gasteiger charge is -2.09. The van der Waals surface area contributed by atoms with Gasteiger partial charge in [0.2, 0.25) is 0 Å². The number of rotatable bonds is 3. The fourth-order valence-corrected chi connectivity index (χ4v) is 2.12. The van der Waals surface area contributed by atoms with Crippen LogP contribution >= 0.6 is 0 Å². The normalized spacial score (nSPS) is 10.5. The molecule has 0 atom stereocenters. The first-order chi connectivity index (χ1) is 9.81. The summed E-state index contributed by atoms with van der Waals surface area (Å²) in [6, 6.07) is 11.6. The van der Waals surface area contributed by atoms with Crippen LogP contribution in [0.4, 0.5) is 0 Å². The number of nitrogens with zero attached hydrogens (tertiary/aromatic N) is 2. The molecule has 4 nitrogen and oxygen atoms in total. The average molecular weight is 266 g/mol. The van der Waals surface area contributed by atoms with Crippen molar-refractivity contribution in [1.29, 1.82) is 0 Å². The van der Waals surface area contributed by atoms with E-state index in [1.54, 1.807) is 20.4 Å². The molecular formula is C16H14N2O2. The lowest BCUT2D eigenvalue weighted by Crippen LogP contribution is -1.92. The molecule has 100 valence electrons. The van der Waals surface area contributed by atoms with E-state index in [0.717, 1.165) is 22.2 Å². The third-order valence-electron chi connectivity index (χ3n) is 3.17. The standard InChI is InChI=1S/C16H14N2O2/c1-19-15-6-5-11(8-16(15)20-2)13-9-14-12(10-18-13)4-3-7-17-14/h3-10H,1-2H3. The fourth-order valence-electron chi connectivity index (χ4n) is 2.12. The Morgan fingerprint density at radius 1 is 0.900 bits per heavy atom. The highest BCUT2D eigenvalue weighted by Gasteiger charge is 2.07. The second kappa shape index (κ2) is 5.17. The number of fused-ring (bicyclic) bond motifs is 1. The summed E-state index contributed by atoms with van der Waals surface area (Å²) in [4.78, 5) is 8.82. The van der Waals surface area contributed by atoms with E-state index in [2.05, 4.69) is 9.97 Å².